The molecule has 29 heavy (non-hydrogen) atoms. The number of pyridine rings is 1. The smallest absolute Gasteiger partial charge is 0.294 e. The van der Waals surface area contributed by atoms with Gasteiger partial charge in [0.1, 0.15) is 11.4 Å². The lowest BCUT2D eigenvalue weighted by atomic mass is 10.0. The molecule has 0 saturated carbocycles. The van der Waals surface area contributed by atoms with E-state index >= 15 is 0 Å². The molecule has 152 valence electrons. The van der Waals surface area contributed by atoms with Crippen LogP contribution in [0.5, 0.6) is 5.75 Å². The maximum absolute atomic E-state index is 13.0. The molecule has 1 amide bonds. The molecule has 0 aliphatic heterocycles. The van der Waals surface area contributed by atoms with Crippen molar-refractivity contribution in [2.45, 2.75) is 20.3 Å². The zero-order valence-electron chi connectivity index (χ0n) is 16.8. The van der Waals surface area contributed by atoms with Crippen molar-refractivity contribution in [2.75, 3.05) is 26.4 Å². The van der Waals surface area contributed by atoms with E-state index in [0.29, 0.717) is 44.0 Å². The summed E-state index contributed by atoms with van der Waals surface area (Å²) in [6.07, 6.45) is 2.45. The highest BCUT2D eigenvalue weighted by Gasteiger charge is 2.24. The number of benzene rings is 1. The number of amides is 1. The monoisotopic (exact) mass is 394 g/mol. The zero-order chi connectivity index (χ0) is 20.6. The minimum Gasteiger partial charge on any atom is -0.494 e. The third-order valence-electron chi connectivity index (χ3n) is 4.53. The highest BCUT2D eigenvalue weighted by Crippen LogP contribution is 2.29. The number of ether oxygens (including phenoxy) is 2. The summed E-state index contributed by atoms with van der Waals surface area (Å²) in [6, 6.07) is 15.1. The Hall–Kier alpha value is -3.12. The first kappa shape index (κ1) is 20.6. The first-order chi connectivity index (χ1) is 14.2. The van der Waals surface area contributed by atoms with Crippen LogP contribution >= 0.6 is 0 Å². The van der Waals surface area contributed by atoms with Gasteiger partial charge in [-0.3, -0.25) is 9.59 Å². The highest BCUT2D eigenvalue weighted by atomic mass is 16.5. The number of ketones is 1. The average molecular weight is 394 g/mol. The second-order valence-corrected chi connectivity index (χ2v) is 6.50. The molecule has 3 aromatic rings. The summed E-state index contributed by atoms with van der Waals surface area (Å²) in [4.78, 5) is 25.5. The Labute approximate surface area is 170 Å². The van der Waals surface area contributed by atoms with E-state index in [1.165, 1.54) is 0 Å². The Morgan fingerprint density at radius 2 is 1.83 bits per heavy atom. The highest BCUT2D eigenvalue weighted by molar-refractivity contribution is 6.43. The van der Waals surface area contributed by atoms with Gasteiger partial charge in [0.15, 0.2) is 0 Å². The van der Waals surface area contributed by atoms with E-state index in [9.17, 15) is 9.59 Å². The predicted octanol–water partition coefficient (Wildman–Crippen LogP) is 3.73. The molecule has 0 radical (unpaired) electrons. The van der Waals surface area contributed by atoms with Crippen molar-refractivity contribution in [1.29, 1.82) is 0 Å². The van der Waals surface area contributed by atoms with Gasteiger partial charge in [-0.25, -0.2) is 0 Å². The number of fused-ring (bicyclic) bond motifs is 1. The largest absolute Gasteiger partial charge is 0.494 e. The third kappa shape index (κ3) is 4.84. The van der Waals surface area contributed by atoms with Gasteiger partial charge in [0.05, 0.1) is 6.61 Å². The standard InChI is InChI=1S/C23H26N2O4/c1-3-28-15-7-13-24-23(27)22(26)21-20(16-18-8-5-6-14-25(18)21)17-9-11-19(12-10-17)29-4-2/h5-6,8-12,14,16H,3-4,7,13,15H2,1-2H3,(H,24,27). The molecule has 0 fully saturated rings. The van der Waals surface area contributed by atoms with Crippen molar-refractivity contribution in [3.63, 3.8) is 0 Å². The van der Waals surface area contributed by atoms with Gasteiger partial charge in [-0.15, -0.1) is 0 Å². The Bertz CT molecular complexity index is 976. The van der Waals surface area contributed by atoms with Crippen molar-refractivity contribution >= 4 is 17.2 Å². The van der Waals surface area contributed by atoms with Gasteiger partial charge < -0.3 is 19.2 Å². The van der Waals surface area contributed by atoms with Crippen molar-refractivity contribution in [3.8, 4) is 16.9 Å². The van der Waals surface area contributed by atoms with Crippen LogP contribution in [0.1, 0.15) is 30.8 Å². The Balaban J connectivity index is 1.88. The number of carbonyl (C=O) groups is 2. The summed E-state index contributed by atoms with van der Waals surface area (Å²) < 4.78 is 12.5. The SMILES string of the molecule is CCOCCCNC(=O)C(=O)c1c(-c2ccc(OCC)cc2)cc2ccccn12. The molecule has 3 rings (SSSR count). The van der Waals surface area contributed by atoms with E-state index in [4.69, 9.17) is 9.47 Å². The topological polar surface area (TPSA) is 69.0 Å². The van der Waals surface area contributed by atoms with E-state index in [0.717, 1.165) is 16.8 Å². The molecule has 0 unspecified atom stereocenters. The fourth-order valence-corrected chi connectivity index (χ4v) is 3.18. The molecular formula is C23H26N2O4. The summed E-state index contributed by atoms with van der Waals surface area (Å²) in [5, 5.41) is 2.70. The molecule has 1 aromatic carbocycles. The molecule has 1 N–H and O–H groups in total. The number of nitrogens with zero attached hydrogens (tertiary/aromatic N) is 1. The van der Waals surface area contributed by atoms with Gasteiger partial charge >= 0.3 is 0 Å². The lowest BCUT2D eigenvalue weighted by molar-refractivity contribution is -0.117. The molecule has 6 heteroatoms. The fourth-order valence-electron chi connectivity index (χ4n) is 3.18. The van der Waals surface area contributed by atoms with Crippen LogP contribution in [0.2, 0.25) is 0 Å². The number of hydrogen-bond donors (Lipinski definition) is 1. The summed E-state index contributed by atoms with van der Waals surface area (Å²) in [7, 11) is 0. The quantitative estimate of drug-likeness (QED) is 0.323. The lowest BCUT2D eigenvalue weighted by Crippen LogP contribution is -2.33. The van der Waals surface area contributed by atoms with Crippen LogP contribution in [0.3, 0.4) is 0 Å². The van der Waals surface area contributed by atoms with E-state index in [1.807, 2.05) is 62.4 Å². The number of carbonyl (C=O) groups excluding carboxylic acids is 2. The van der Waals surface area contributed by atoms with Gasteiger partial charge in [-0.1, -0.05) is 18.2 Å². The van der Waals surface area contributed by atoms with Crippen LogP contribution in [0.4, 0.5) is 0 Å². The van der Waals surface area contributed by atoms with Gasteiger partial charge in [0, 0.05) is 37.0 Å². The molecule has 0 aliphatic carbocycles. The Morgan fingerprint density at radius 1 is 1.03 bits per heavy atom. The predicted molar refractivity (Wildman–Crippen MR) is 112 cm³/mol. The van der Waals surface area contributed by atoms with Crippen LogP contribution in [0.15, 0.2) is 54.7 Å². The second-order valence-electron chi connectivity index (χ2n) is 6.50. The summed E-state index contributed by atoms with van der Waals surface area (Å²) in [5.41, 5.74) is 2.77. The number of aromatic nitrogens is 1. The van der Waals surface area contributed by atoms with E-state index in [-0.39, 0.29) is 0 Å². The first-order valence-electron chi connectivity index (χ1n) is 9.89. The van der Waals surface area contributed by atoms with E-state index in [1.54, 1.807) is 10.6 Å². The lowest BCUT2D eigenvalue weighted by Gasteiger charge is -2.08. The summed E-state index contributed by atoms with van der Waals surface area (Å²) in [6.45, 7) is 6.01. The van der Waals surface area contributed by atoms with Crippen LogP contribution in [0.25, 0.3) is 16.6 Å². The van der Waals surface area contributed by atoms with Crippen LogP contribution in [-0.2, 0) is 9.53 Å². The molecule has 2 aromatic heterocycles. The number of hydrogen-bond acceptors (Lipinski definition) is 4. The Kier molecular flexibility index (Phi) is 7.03. The van der Waals surface area contributed by atoms with Crippen molar-refractivity contribution in [2.24, 2.45) is 0 Å². The molecule has 6 nitrogen and oxygen atoms in total. The summed E-state index contributed by atoms with van der Waals surface area (Å²) in [5.74, 6) is -0.408. The maximum atomic E-state index is 13.0. The van der Waals surface area contributed by atoms with Gasteiger partial charge in [-0.2, -0.15) is 0 Å². The minimum absolute atomic E-state index is 0.354. The Morgan fingerprint density at radius 3 is 2.55 bits per heavy atom. The van der Waals surface area contributed by atoms with Crippen LogP contribution < -0.4 is 10.1 Å². The molecule has 0 bridgehead atoms. The van der Waals surface area contributed by atoms with Crippen molar-refractivity contribution < 1.29 is 19.1 Å². The molecular weight excluding hydrogens is 368 g/mol. The molecule has 0 spiro atoms. The molecule has 0 atom stereocenters. The van der Waals surface area contributed by atoms with E-state index < -0.39 is 11.7 Å². The van der Waals surface area contributed by atoms with E-state index in [2.05, 4.69) is 5.32 Å². The maximum Gasteiger partial charge on any atom is 0.294 e. The molecule has 0 saturated heterocycles. The number of nitrogens with one attached hydrogen (secondary N) is 1. The number of Topliss-reactive ketones (excluding diaryl/α,β-unsaturated/α-hetero) is 1. The van der Waals surface area contributed by atoms with Crippen LogP contribution in [0, 0.1) is 0 Å². The number of rotatable bonds is 10. The van der Waals surface area contributed by atoms with Crippen molar-refractivity contribution in [3.05, 3.63) is 60.4 Å². The minimum atomic E-state index is -0.613. The molecule has 0 aliphatic rings. The molecule has 2 heterocycles. The normalized spacial score (nSPS) is 10.8. The zero-order valence-corrected chi connectivity index (χ0v) is 16.8. The third-order valence-corrected chi connectivity index (χ3v) is 4.53. The second kappa shape index (κ2) is 9.89. The first-order valence-corrected chi connectivity index (χ1v) is 9.89. The van der Waals surface area contributed by atoms with Gasteiger partial charge in [0.2, 0.25) is 0 Å². The van der Waals surface area contributed by atoms with Crippen LogP contribution in [-0.4, -0.2) is 42.5 Å². The van der Waals surface area contributed by atoms with Gasteiger partial charge in [0.25, 0.3) is 11.7 Å². The van der Waals surface area contributed by atoms with Gasteiger partial charge in [-0.05, 0) is 56.2 Å². The average Bonchev–Trinajstić information content (AvgIpc) is 3.13. The summed E-state index contributed by atoms with van der Waals surface area (Å²) >= 11 is 0. The van der Waals surface area contributed by atoms with Crippen molar-refractivity contribution in [1.82, 2.24) is 9.72 Å². The fraction of sp³-hybridized carbons (Fsp3) is 0.304.